The monoisotopic (exact) mass is 440 g/mol. The largest absolute Gasteiger partial charge is 0.504 e. The van der Waals surface area contributed by atoms with Crippen molar-refractivity contribution in [2.24, 2.45) is 5.10 Å². The molecule has 0 aliphatic heterocycles. The summed E-state index contributed by atoms with van der Waals surface area (Å²) in [6, 6.07) is 10.2. The second-order valence-corrected chi connectivity index (χ2v) is 6.31. The number of nitrogens with one attached hydrogen (secondary N) is 1. The van der Waals surface area contributed by atoms with Gasteiger partial charge in [-0.3, -0.25) is 4.79 Å². The molecule has 0 aliphatic rings. The lowest BCUT2D eigenvalue weighted by molar-refractivity contribution is 0.0955. The normalized spacial score (nSPS) is 10.7. The number of carbonyl (C=O) groups is 1. The van der Waals surface area contributed by atoms with E-state index in [1.54, 1.807) is 36.4 Å². The zero-order valence-electron chi connectivity index (χ0n) is 12.2. The number of ether oxygens (including phenoxy) is 1. The zero-order chi connectivity index (χ0) is 16.8. The van der Waals surface area contributed by atoms with Gasteiger partial charge in [-0.2, -0.15) is 5.10 Å². The van der Waals surface area contributed by atoms with E-state index in [1.807, 2.05) is 6.92 Å². The Morgan fingerprint density at radius 3 is 2.61 bits per heavy atom. The molecule has 2 aromatic carbocycles. The van der Waals surface area contributed by atoms with Gasteiger partial charge in [0.15, 0.2) is 11.5 Å². The van der Waals surface area contributed by atoms with Gasteiger partial charge in [-0.1, -0.05) is 31.9 Å². The van der Waals surface area contributed by atoms with E-state index in [0.29, 0.717) is 23.5 Å². The molecule has 23 heavy (non-hydrogen) atoms. The topological polar surface area (TPSA) is 70.9 Å². The Hall–Kier alpha value is -1.86. The van der Waals surface area contributed by atoms with Gasteiger partial charge in [-0.05, 0) is 43.3 Å². The molecule has 1 amide bonds. The number of hydrogen-bond acceptors (Lipinski definition) is 4. The molecular weight excluding hydrogens is 428 g/mol. The molecule has 2 N–H and O–H groups in total. The highest BCUT2D eigenvalue weighted by molar-refractivity contribution is 9.10. The molecule has 2 rings (SSSR count). The Morgan fingerprint density at radius 1 is 1.26 bits per heavy atom. The van der Waals surface area contributed by atoms with E-state index in [1.165, 1.54) is 6.21 Å². The van der Waals surface area contributed by atoms with Crippen LogP contribution in [0.3, 0.4) is 0 Å². The fraction of sp³-hybridized carbons (Fsp3) is 0.125. The van der Waals surface area contributed by atoms with Crippen LogP contribution in [-0.4, -0.2) is 23.8 Å². The van der Waals surface area contributed by atoms with E-state index in [2.05, 4.69) is 42.4 Å². The number of amides is 1. The van der Waals surface area contributed by atoms with Crippen LogP contribution in [0, 0.1) is 0 Å². The number of benzene rings is 2. The maximum Gasteiger partial charge on any atom is 0.271 e. The second-order valence-electron chi connectivity index (χ2n) is 4.48. The highest BCUT2D eigenvalue weighted by Gasteiger charge is 2.09. The summed E-state index contributed by atoms with van der Waals surface area (Å²) in [5, 5.41) is 14.0. The molecule has 0 bridgehead atoms. The van der Waals surface area contributed by atoms with Gasteiger partial charge in [-0.25, -0.2) is 5.43 Å². The quantitative estimate of drug-likeness (QED) is 0.542. The Morgan fingerprint density at radius 2 is 1.96 bits per heavy atom. The van der Waals surface area contributed by atoms with Crippen LogP contribution in [0.15, 0.2) is 50.4 Å². The number of hydrogen-bond donors (Lipinski definition) is 2. The Balaban J connectivity index is 2.11. The first-order valence-electron chi connectivity index (χ1n) is 6.75. The van der Waals surface area contributed by atoms with Crippen molar-refractivity contribution in [3.63, 3.8) is 0 Å². The number of rotatable bonds is 5. The number of hydrazone groups is 1. The van der Waals surface area contributed by atoms with Gasteiger partial charge < -0.3 is 9.84 Å². The highest BCUT2D eigenvalue weighted by atomic mass is 79.9. The van der Waals surface area contributed by atoms with E-state index in [9.17, 15) is 9.90 Å². The lowest BCUT2D eigenvalue weighted by Crippen LogP contribution is -2.17. The van der Waals surface area contributed by atoms with Crippen LogP contribution in [-0.2, 0) is 0 Å². The maximum absolute atomic E-state index is 11.9. The van der Waals surface area contributed by atoms with Crippen molar-refractivity contribution in [1.29, 1.82) is 0 Å². The van der Waals surface area contributed by atoms with Gasteiger partial charge >= 0.3 is 0 Å². The zero-order valence-corrected chi connectivity index (χ0v) is 15.4. The first-order valence-corrected chi connectivity index (χ1v) is 8.34. The van der Waals surface area contributed by atoms with E-state index in [0.717, 1.165) is 8.95 Å². The van der Waals surface area contributed by atoms with E-state index in [-0.39, 0.29) is 11.7 Å². The number of carbonyl (C=O) groups excluding carboxylic acids is 1. The van der Waals surface area contributed by atoms with Crippen LogP contribution < -0.4 is 10.2 Å². The third-order valence-corrected chi connectivity index (χ3v) is 3.83. The molecule has 5 nitrogen and oxygen atoms in total. The van der Waals surface area contributed by atoms with Gasteiger partial charge in [0, 0.05) is 20.1 Å². The van der Waals surface area contributed by atoms with Gasteiger partial charge in [0.25, 0.3) is 5.91 Å². The van der Waals surface area contributed by atoms with Crippen molar-refractivity contribution < 1.29 is 14.6 Å². The summed E-state index contributed by atoms with van der Waals surface area (Å²) < 4.78 is 6.96. The van der Waals surface area contributed by atoms with Crippen molar-refractivity contribution in [2.45, 2.75) is 6.92 Å². The standard InChI is InChI=1S/C16H14Br2N2O3/c1-2-23-14-8-13(18)7-11(15(14)21)9-19-20-16(22)10-3-5-12(17)6-4-10/h3-9,21H,2H2,1H3,(H,20,22)/b19-9-. The van der Waals surface area contributed by atoms with Crippen LogP contribution in [0.1, 0.15) is 22.8 Å². The van der Waals surface area contributed by atoms with Crippen molar-refractivity contribution in [3.05, 3.63) is 56.5 Å². The summed E-state index contributed by atoms with van der Waals surface area (Å²) in [5.41, 5.74) is 3.33. The molecule has 2 aromatic rings. The molecule has 0 heterocycles. The summed E-state index contributed by atoms with van der Waals surface area (Å²) in [6.07, 6.45) is 1.36. The van der Waals surface area contributed by atoms with Gasteiger partial charge in [0.1, 0.15) is 0 Å². The smallest absolute Gasteiger partial charge is 0.271 e. The molecule has 0 aromatic heterocycles. The predicted molar refractivity (Wildman–Crippen MR) is 96.2 cm³/mol. The molecule has 0 fully saturated rings. The Bertz CT molecular complexity index is 731. The number of phenolic OH excluding ortho intramolecular Hbond substituents is 1. The van der Waals surface area contributed by atoms with Crippen LogP contribution >= 0.6 is 31.9 Å². The summed E-state index contributed by atoms with van der Waals surface area (Å²) >= 11 is 6.64. The molecule has 0 spiro atoms. The lowest BCUT2D eigenvalue weighted by atomic mass is 10.2. The second kappa shape index (κ2) is 8.12. The van der Waals surface area contributed by atoms with Crippen LogP contribution in [0.2, 0.25) is 0 Å². The highest BCUT2D eigenvalue weighted by Crippen LogP contribution is 2.32. The van der Waals surface area contributed by atoms with Gasteiger partial charge in [0.2, 0.25) is 0 Å². The summed E-state index contributed by atoms with van der Waals surface area (Å²) in [5.74, 6) is -0.0208. The third-order valence-electron chi connectivity index (χ3n) is 2.85. The van der Waals surface area contributed by atoms with Gasteiger partial charge in [-0.15, -0.1) is 0 Å². The number of aromatic hydroxyl groups is 1. The van der Waals surface area contributed by atoms with Gasteiger partial charge in [0.05, 0.1) is 12.8 Å². The fourth-order valence-corrected chi connectivity index (χ4v) is 2.50. The first-order chi connectivity index (χ1) is 11.0. The minimum absolute atomic E-state index is 0.0308. The predicted octanol–water partition coefficient (Wildman–Crippen LogP) is 4.08. The Labute approximate surface area is 150 Å². The summed E-state index contributed by atoms with van der Waals surface area (Å²) in [4.78, 5) is 11.9. The van der Waals surface area contributed by atoms with Crippen LogP contribution in [0.5, 0.6) is 11.5 Å². The minimum atomic E-state index is -0.340. The minimum Gasteiger partial charge on any atom is -0.504 e. The summed E-state index contributed by atoms with van der Waals surface area (Å²) in [6.45, 7) is 2.26. The average Bonchev–Trinajstić information content (AvgIpc) is 2.52. The van der Waals surface area contributed by atoms with E-state index < -0.39 is 0 Å². The molecule has 0 radical (unpaired) electrons. The molecule has 0 aliphatic carbocycles. The number of nitrogens with zero attached hydrogens (tertiary/aromatic N) is 1. The number of halogens is 2. The van der Waals surface area contributed by atoms with Crippen LogP contribution in [0.25, 0.3) is 0 Å². The van der Waals surface area contributed by atoms with E-state index >= 15 is 0 Å². The Kier molecular flexibility index (Phi) is 6.18. The van der Waals surface area contributed by atoms with Crippen molar-refractivity contribution in [2.75, 3.05) is 6.61 Å². The maximum atomic E-state index is 11.9. The SMILES string of the molecule is CCOc1cc(Br)cc(/C=N\NC(=O)c2ccc(Br)cc2)c1O. The van der Waals surface area contributed by atoms with E-state index in [4.69, 9.17) is 4.74 Å². The van der Waals surface area contributed by atoms with Crippen molar-refractivity contribution >= 4 is 44.0 Å². The fourth-order valence-electron chi connectivity index (χ4n) is 1.78. The molecule has 0 saturated heterocycles. The molecule has 0 unspecified atom stereocenters. The number of phenols is 1. The molecule has 120 valence electrons. The van der Waals surface area contributed by atoms with Crippen molar-refractivity contribution in [3.8, 4) is 11.5 Å². The van der Waals surface area contributed by atoms with Crippen molar-refractivity contribution in [1.82, 2.24) is 5.43 Å². The van der Waals surface area contributed by atoms with Crippen LogP contribution in [0.4, 0.5) is 0 Å². The average molecular weight is 442 g/mol. The first kappa shape index (κ1) is 17.5. The lowest BCUT2D eigenvalue weighted by Gasteiger charge is -2.08. The molecule has 0 saturated carbocycles. The molecular formula is C16H14Br2N2O3. The third kappa shape index (κ3) is 4.80. The molecule has 0 atom stereocenters. The molecule has 7 heteroatoms. The summed E-state index contributed by atoms with van der Waals surface area (Å²) in [7, 11) is 0.